The van der Waals surface area contributed by atoms with Gasteiger partial charge in [0.2, 0.25) is 12.4 Å². The van der Waals surface area contributed by atoms with Crippen LogP contribution in [-0.2, 0) is 23.8 Å². The van der Waals surface area contributed by atoms with Crippen molar-refractivity contribution >= 4 is 29.8 Å². The molecule has 1 aliphatic heterocycles. The molecular weight excluding hydrogens is 455 g/mol. The number of alkyl halides is 3. The molecular formula is C17H15ClF3NO9. The molecule has 31 heavy (non-hydrogen) atoms. The van der Waals surface area contributed by atoms with Gasteiger partial charge in [0.15, 0.2) is 0 Å². The van der Waals surface area contributed by atoms with Gasteiger partial charge in [0.1, 0.15) is 19.0 Å². The molecule has 0 bridgehead atoms. The summed E-state index contributed by atoms with van der Waals surface area (Å²) in [4.78, 5) is 37.6. The normalized spacial score (nSPS) is 16.2. The molecule has 1 aromatic rings. The fourth-order valence-corrected chi connectivity index (χ4v) is 2.79. The van der Waals surface area contributed by atoms with Crippen LogP contribution in [0.5, 0.6) is 5.75 Å². The highest BCUT2D eigenvalue weighted by Gasteiger charge is 2.49. The van der Waals surface area contributed by atoms with E-state index in [0.29, 0.717) is 5.56 Å². The van der Waals surface area contributed by atoms with Crippen LogP contribution >= 0.6 is 11.6 Å². The van der Waals surface area contributed by atoms with Crippen molar-refractivity contribution in [3.05, 3.63) is 44.0 Å². The average molecular weight is 470 g/mol. The zero-order valence-electron chi connectivity index (χ0n) is 15.9. The summed E-state index contributed by atoms with van der Waals surface area (Å²) >= 11 is 5.91. The quantitative estimate of drug-likeness (QED) is 0.194. The van der Waals surface area contributed by atoms with Crippen molar-refractivity contribution in [2.45, 2.75) is 32.4 Å². The van der Waals surface area contributed by atoms with E-state index in [4.69, 9.17) is 21.1 Å². The molecule has 0 aliphatic carbocycles. The second kappa shape index (κ2) is 9.73. The molecule has 0 aromatic heterocycles. The van der Waals surface area contributed by atoms with Gasteiger partial charge in [-0.05, 0) is 30.7 Å². The van der Waals surface area contributed by atoms with Gasteiger partial charge in [-0.2, -0.15) is 13.2 Å². The number of rotatable bonds is 7. The molecule has 14 heteroatoms. The van der Waals surface area contributed by atoms with Gasteiger partial charge in [-0.25, -0.2) is 9.59 Å². The highest BCUT2D eigenvalue weighted by atomic mass is 35.5. The minimum Gasteiger partial charge on any atom is -0.475 e. The lowest BCUT2D eigenvalue weighted by molar-refractivity contribution is -0.757. The van der Waals surface area contributed by atoms with Crippen LogP contribution in [0.15, 0.2) is 17.7 Å². The van der Waals surface area contributed by atoms with E-state index in [9.17, 15) is 32.9 Å². The average Bonchev–Trinajstić information content (AvgIpc) is 2.63. The smallest absolute Gasteiger partial charge is 0.475 e. The predicted octanol–water partition coefficient (Wildman–Crippen LogP) is 3.61. The molecule has 0 saturated heterocycles. The Balaban J connectivity index is 2.09. The summed E-state index contributed by atoms with van der Waals surface area (Å²) < 4.78 is 59.1. The van der Waals surface area contributed by atoms with Crippen LogP contribution in [0.3, 0.4) is 0 Å². The summed E-state index contributed by atoms with van der Waals surface area (Å²) in [5.74, 6) is -1.55. The SMILES string of the molecule is Cc1cc(Cl)cc2c1O[C@H](C(F)(F)F)C(C(=O)OC(C)OC(=O)OCCO[N+](=O)[O-])=C2. The molecule has 2 rings (SSSR count). The van der Waals surface area contributed by atoms with E-state index in [1.807, 2.05) is 0 Å². The molecule has 0 amide bonds. The molecule has 2 atom stereocenters. The third-order valence-corrected chi connectivity index (χ3v) is 3.88. The van der Waals surface area contributed by atoms with E-state index in [1.165, 1.54) is 19.1 Å². The molecule has 10 nitrogen and oxygen atoms in total. The topological polar surface area (TPSA) is 123 Å². The number of hydrogen-bond acceptors (Lipinski definition) is 9. The van der Waals surface area contributed by atoms with Gasteiger partial charge in [0.05, 0.1) is 5.57 Å². The Labute approximate surface area is 177 Å². The molecule has 170 valence electrons. The lowest BCUT2D eigenvalue weighted by Crippen LogP contribution is -2.41. The molecule has 0 N–H and O–H groups in total. The van der Waals surface area contributed by atoms with Gasteiger partial charge in [0.25, 0.3) is 5.09 Å². The summed E-state index contributed by atoms with van der Waals surface area (Å²) in [7, 11) is 0. The number of benzene rings is 1. The third-order valence-electron chi connectivity index (χ3n) is 3.67. The minimum absolute atomic E-state index is 0.0897. The van der Waals surface area contributed by atoms with E-state index in [-0.39, 0.29) is 16.3 Å². The Morgan fingerprint density at radius 3 is 2.58 bits per heavy atom. The number of ether oxygens (including phenoxy) is 4. The van der Waals surface area contributed by atoms with Crippen LogP contribution < -0.4 is 4.74 Å². The van der Waals surface area contributed by atoms with Crippen LogP contribution in [0.25, 0.3) is 6.08 Å². The van der Waals surface area contributed by atoms with E-state index >= 15 is 0 Å². The second-order valence-electron chi connectivity index (χ2n) is 6.03. The van der Waals surface area contributed by atoms with E-state index in [2.05, 4.69) is 14.3 Å². The zero-order valence-corrected chi connectivity index (χ0v) is 16.7. The van der Waals surface area contributed by atoms with Crippen LogP contribution in [0.2, 0.25) is 5.02 Å². The number of nitrogens with zero attached hydrogens (tertiary/aromatic N) is 1. The predicted molar refractivity (Wildman–Crippen MR) is 95.6 cm³/mol. The van der Waals surface area contributed by atoms with Crippen LogP contribution in [0, 0.1) is 17.0 Å². The Bertz CT molecular complexity index is 904. The molecule has 1 heterocycles. The van der Waals surface area contributed by atoms with Crippen LogP contribution in [0.4, 0.5) is 18.0 Å². The Hall–Kier alpha value is -3.22. The van der Waals surface area contributed by atoms with Crippen molar-refractivity contribution in [2.75, 3.05) is 13.2 Å². The van der Waals surface area contributed by atoms with Crippen LogP contribution in [-0.4, -0.2) is 49.0 Å². The van der Waals surface area contributed by atoms with Crippen molar-refractivity contribution in [3.8, 4) is 5.75 Å². The largest absolute Gasteiger partial charge is 0.511 e. The maximum atomic E-state index is 13.5. The van der Waals surface area contributed by atoms with Crippen molar-refractivity contribution < 1.29 is 51.6 Å². The summed E-state index contributed by atoms with van der Waals surface area (Å²) in [5, 5.41) is 9.07. The van der Waals surface area contributed by atoms with Crippen LogP contribution in [0.1, 0.15) is 18.1 Å². The first-order valence-electron chi connectivity index (χ1n) is 8.45. The molecule has 0 saturated carbocycles. The monoisotopic (exact) mass is 469 g/mol. The maximum absolute atomic E-state index is 13.5. The van der Waals surface area contributed by atoms with Crippen molar-refractivity contribution in [2.24, 2.45) is 0 Å². The van der Waals surface area contributed by atoms with Crippen molar-refractivity contribution in [1.82, 2.24) is 0 Å². The summed E-state index contributed by atoms with van der Waals surface area (Å²) in [6.45, 7) is 1.42. The summed E-state index contributed by atoms with van der Waals surface area (Å²) in [6.07, 6.45) is -9.67. The minimum atomic E-state index is -4.95. The fourth-order valence-electron chi connectivity index (χ4n) is 2.51. The Morgan fingerprint density at radius 2 is 1.97 bits per heavy atom. The molecule has 0 fully saturated rings. The number of esters is 1. The molecule has 0 radical (unpaired) electrons. The maximum Gasteiger partial charge on any atom is 0.511 e. The zero-order chi connectivity index (χ0) is 23.3. The lowest BCUT2D eigenvalue weighted by atomic mass is 9.99. The standard InChI is InChI=1S/C17H15ClF3NO9/c1-8-5-11(18)6-10-7-12(14(17(19,20)21)31-13(8)10)15(23)29-9(2)30-16(24)27-3-4-28-22(25)26/h5-7,9,14H,3-4H2,1-2H3/t9?,14-/m0/s1. The Kier molecular flexibility index (Phi) is 7.55. The number of carbonyl (C=O) groups excluding carboxylic acids is 2. The van der Waals surface area contributed by atoms with Gasteiger partial charge in [0, 0.05) is 17.5 Å². The number of hydrogen-bond donors (Lipinski definition) is 0. The first-order valence-corrected chi connectivity index (χ1v) is 8.83. The van der Waals surface area contributed by atoms with Gasteiger partial charge in [-0.15, -0.1) is 10.1 Å². The highest BCUT2D eigenvalue weighted by molar-refractivity contribution is 6.30. The molecule has 1 aromatic carbocycles. The first kappa shape index (κ1) is 24.1. The summed E-state index contributed by atoms with van der Waals surface area (Å²) in [6, 6.07) is 2.72. The van der Waals surface area contributed by atoms with E-state index in [1.54, 1.807) is 0 Å². The Morgan fingerprint density at radius 1 is 1.29 bits per heavy atom. The second-order valence-corrected chi connectivity index (χ2v) is 6.46. The number of aryl methyl sites for hydroxylation is 1. The first-order chi connectivity index (χ1) is 14.4. The van der Waals surface area contributed by atoms with Gasteiger partial charge < -0.3 is 23.8 Å². The number of fused-ring (bicyclic) bond motifs is 1. The molecule has 1 unspecified atom stereocenters. The fraction of sp³-hybridized carbons (Fsp3) is 0.412. The van der Waals surface area contributed by atoms with Gasteiger partial charge in [-0.1, -0.05) is 11.6 Å². The highest BCUT2D eigenvalue weighted by Crippen LogP contribution is 2.40. The van der Waals surface area contributed by atoms with E-state index < -0.39 is 54.6 Å². The number of carbonyl (C=O) groups is 2. The summed E-state index contributed by atoms with van der Waals surface area (Å²) in [5.41, 5.74) is -0.415. The number of halogens is 4. The van der Waals surface area contributed by atoms with Gasteiger partial charge in [-0.3, -0.25) is 0 Å². The lowest BCUT2D eigenvalue weighted by Gasteiger charge is -2.29. The van der Waals surface area contributed by atoms with Gasteiger partial charge >= 0.3 is 18.3 Å². The third kappa shape index (κ3) is 6.64. The van der Waals surface area contributed by atoms with E-state index in [0.717, 1.165) is 13.0 Å². The van der Waals surface area contributed by atoms with Crippen molar-refractivity contribution in [3.63, 3.8) is 0 Å². The van der Waals surface area contributed by atoms with Crippen molar-refractivity contribution in [1.29, 1.82) is 0 Å². The molecule has 0 spiro atoms. The molecule has 1 aliphatic rings.